The normalized spacial score (nSPS) is 11.5. The van der Waals surface area contributed by atoms with E-state index >= 15 is 0 Å². The Balaban J connectivity index is 1.72. The van der Waals surface area contributed by atoms with Crippen LogP contribution in [0, 0.1) is 17.5 Å². The van der Waals surface area contributed by atoms with Gasteiger partial charge in [0.25, 0.3) is 11.8 Å². The molecule has 0 unspecified atom stereocenters. The molecule has 0 aliphatic carbocycles. The van der Waals surface area contributed by atoms with Gasteiger partial charge in [0.15, 0.2) is 23.6 Å². The Kier molecular flexibility index (Phi) is 6.36. The van der Waals surface area contributed by atoms with Gasteiger partial charge < -0.3 is 15.4 Å². The summed E-state index contributed by atoms with van der Waals surface area (Å²) in [6, 6.07) is 16.6. The van der Waals surface area contributed by atoms with Crippen molar-refractivity contribution in [2.24, 2.45) is 0 Å². The number of hydrogen-bond donors (Lipinski definition) is 2. The Labute approximate surface area is 170 Å². The van der Waals surface area contributed by atoms with E-state index in [9.17, 15) is 22.8 Å². The highest BCUT2D eigenvalue weighted by Crippen LogP contribution is 2.23. The van der Waals surface area contributed by atoms with Crippen LogP contribution in [0.15, 0.2) is 66.7 Å². The van der Waals surface area contributed by atoms with E-state index in [1.807, 2.05) is 6.07 Å². The van der Waals surface area contributed by atoms with Crippen LogP contribution in [-0.2, 0) is 4.79 Å². The van der Waals surface area contributed by atoms with Crippen LogP contribution in [0.5, 0.6) is 5.75 Å². The Bertz CT molecular complexity index is 1070. The van der Waals surface area contributed by atoms with E-state index in [0.29, 0.717) is 11.8 Å². The molecule has 0 heterocycles. The number of nitrogens with one attached hydrogen (secondary N) is 2. The lowest BCUT2D eigenvalue weighted by atomic mass is 10.1. The van der Waals surface area contributed by atoms with E-state index in [1.54, 1.807) is 36.4 Å². The molecule has 0 spiro atoms. The van der Waals surface area contributed by atoms with E-state index in [2.05, 4.69) is 10.6 Å². The van der Waals surface area contributed by atoms with Crippen LogP contribution in [0.1, 0.15) is 17.3 Å². The molecule has 1 atom stereocenters. The van der Waals surface area contributed by atoms with Crippen LogP contribution < -0.4 is 15.4 Å². The number of carbonyl (C=O) groups excluding carboxylic acids is 2. The van der Waals surface area contributed by atoms with E-state index in [-0.39, 0.29) is 11.3 Å². The molecular formula is C22H17F3N2O3. The summed E-state index contributed by atoms with van der Waals surface area (Å²) in [5.41, 5.74) is 0.237. The summed E-state index contributed by atoms with van der Waals surface area (Å²) in [6.45, 7) is 1.37. The first-order chi connectivity index (χ1) is 14.4. The second kappa shape index (κ2) is 9.13. The first kappa shape index (κ1) is 20.9. The largest absolute Gasteiger partial charge is 0.480 e. The van der Waals surface area contributed by atoms with Crippen molar-refractivity contribution in [2.75, 3.05) is 10.6 Å². The third kappa shape index (κ3) is 4.78. The second-order valence-corrected chi connectivity index (χ2v) is 6.29. The Morgan fingerprint density at radius 1 is 0.833 bits per heavy atom. The number of para-hydroxylation sites is 2. The van der Waals surface area contributed by atoms with Crippen LogP contribution in [0.4, 0.5) is 24.5 Å². The van der Waals surface area contributed by atoms with Gasteiger partial charge in [0.2, 0.25) is 0 Å². The third-order valence-electron chi connectivity index (χ3n) is 4.13. The van der Waals surface area contributed by atoms with Crippen LogP contribution >= 0.6 is 0 Å². The molecule has 5 nitrogen and oxygen atoms in total. The molecule has 3 aromatic carbocycles. The lowest BCUT2D eigenvalue weighted by Gasteiger charge is -2.17. The van der Waals surface area contributed by atoms with Crippen molar-refractivity contribution in [2.45, 2.75) is 13.0 Å². The first-order valence-corrected chi connectivity index (χ1v) is 8.93. The van der Waals surface area contributed by atoms with Crippen molar-refractivity contribution in [1.29, 1.82) is 0 Å². The topological polar surface area (TPSA) is 67.4 Å². The summed E-state index contributed by atoms with van der Waals surface area (Å²) < 4.78 is 45.7. The summed E-state index contributed by atoms with van der Waals surface area (Å²) in [6.07, 6.45) is -1.16. The van der Waals surface area contributed by atoms with Gasteiger partial charge in [-0.3, -0.25) is 9.59 Å². The molecule has 0 fully saturated rings. The van der Waals surface area contributed by atoms with Crippen molar-refractivity contribution in [3.8, 4) is 5.75 Å². The first-order valence-electron chi connectivity index (χ1n) is 8.93. The highest BCUT2D eigenvalue weighted by Gasteiger charge is 2.21. The quantitative estimate of drug-likeness (QED) is 0.572. The van der Waals surface area contributed by atoms with Gasteiger partial charge in [-0.05, 0) is 43.3 Å². The molecule has 2 N–H and O–H groups in total. The van der Waals surface area contributed by atoms with Gasteiger partial charge in [-0.15, -0.1) is 0 Å². The zero-order valence-electron chi connectivity index (χ0n) is 15.8. The van der Waals surface area contributed by atoms with Gasteiger partial charge >= 0.3 is 0 Å². The maximum Gasteiger partial charge on any atom is 0.265 e. The highest BCUT2D eigenvalue weighted by atomic mass is 19.2. The van der Waals surface area contributed by atoms with Crippen molar-refractivity contribution in [3.05, 3.63) is 89.7 Å². The number of amides is 2. The fourth-order valence-corrected chi connectivity index (χ4v) is 2.58. The molecule has 154 valence electrons. The minimum absolute atomic E-state index is 0.124. The molecule has 30 heavy (non-hydrogen) atoms. The molecule has 0 aliphatic heterocycles. The van der Waals surface area contributed by atoms with Crippen molar-refractivity contribution >= 4 is 23.2 Å². The Hall–Kier alpha value is -3.81. The second-order valence-electron chi connectivity index (χ2n) is 6.29. The minimum atomic E-state index is -1.69. The van der Waals surface area contributed by atoms with Gasteiger partial charge in [-0.1, -0.05) is 30.3 Å². The van der Waals surface area contributed by atoms with E-state index < -0.39 is 41.1 Å². The zero-order chi connectivity index (χ0) is 21.7. The number of carbonyl (C=O) groups is 2. The monoisotopic (exact) mass is 414 g/mol. The number of anilines is 2. The van der Waals surface area contributed by atoms with Crippen LogP contribution in [-0.4, -0.2) is 17.9 Å². The smallest absolute Gasteiger partial charge is 0.265 e. The van der Waals surface area contributed by atoms with Crippen molar-refractivity contribution < 1.29 is 27.5 Å². The van der Waals surface area contributed by atoms with Crippen molar-refractivity contribution in [1.82, 2.24) is 0 Å². The molecule has 3 rings (SSSR count). The maximum absolute atomic E-state index is 13.8. The highest BCUT2D eigenvalue weighted by molar-refractivity contribution is 6.06. The molecule has 0 bridgehead atoms. The molecule has 3 aromatic rings. The van der Waals surface area contributed by atoms with Gasteiger partial charge in [0, 0.05) is 5.69 Å². The number of ether oxygens (including phenoxy) is 1. The molecule has 2 amide bonds. The average Bonchev–Trinajstić information content (AvgIpc) is 2.75. The lowest BCUT2D eigenvalue weighted by molar-refractivity contribution is -0.122. The predicted octanol–water partition coefficient (Wildman–Crippen LogP) is 4.76. The molecule has 0 aliphatic rings. The van der Waals surface area contributed by atoms with E-state index in [1.165, 1.54) is 19.1 Å². The Morgan fingerprint density at radius 3 is 2.23 bits per heavy atom. The number of halogens is 3. The average molecular weight is 414 g/mol. The molecule has 0 saturated carbocycles. The Morgan fingerprint density at radius 2 is 1.50 bits per heavy atom. The molecule has 8 heteroatoms. The van der Waals surface area contributed by atoms with Gasteiger partial charge in [0.1, 0.15) is 5.75 Å². The van der Waals surface area contributed by atoms with Crippen LogP contribution in [0.25, 0.3) is 0 Å². The van der Waals surface area contributed by atoms with E-state index in [0.717, 1.165) is 6.07 Å². The lowest BCUT2D eigenvalue weighted by Crippen LogP contribution is -2.31. The molecule has 0 saturated heterocycles. The van der Waals surface area contributed by atoms with Crippen LogP contribution in [0.3, 0.4) is 0 Å². The summed E-state index contributed by atoms with van der Waals surface area (Å²) in [5.74, 6) is -5.70. The van der Waals surface area contributed by atoms with Gasteiger partial charge in [-0.2, -0.15) is 0 Å². The fourth-order valence-electron chi connectivity index (χ4n) is 2.58. The number of benzene rings is 3. The van der Waals surface area contributed by atoms with E-state index in [4.69, 9.17) is 4.74 Å². The van der Waals surface area contributed by atoms with Crippen LogP contribution in [0.2, 0.25) is 0 Å². The SMILES string of the molecule is C[C@H](Oc1ccccc1C(=O)Nc1ccccc1)C(=O)Nc1ccc(F)c(F)c1F. The summed E-state index contributed by atoms with van der Waals surface area (Å²) in [5, 5.41) is 4.85. The third-order valence-corrected chi connectivity index (χ3v) is 4.13. The molecule has 0 aromatic heterocycles. The maximum atomic E-state index is 13.8. The standard InChI is InChI=1S/C22H17F3N2O3/c1-13(21(28)27-17-12-11-16(23)19(24)20(17)25)30-18-10-6-5-9-15(18)22(29)26-14-7-3-2-4-8-14/h2-13H,1H3,(H,26,29)(H,27,28)/t13-/m0/s1. The fraction of sp³-hybridized carbons (Fsp3) is 0.0909. The zero-order valence-corrected chi connectivity index (χ0v) is 15.8. The van der Waals surface area contributed by atoms with Gasteiger partial charge in [0.05, 0.1) is 11.3 Å². The van der Waals surface area contributed by atoms with Gasteiger partial charge in [-0.25, -0.2) is 13.2 Å². The summed E-state index contributed by atoms with van der Waals surface area (Å²) in [4.78, 5) is 24.9. The molecular weight excluding hydrogens is 397 g/mol. The molecule has 0 radical (unpaired) electrons. The predicted molar refractivity (Wildman–Crippen MR) is 106 cm³/mol. The van der Waals surface area contributed by atoms with Crippen molar-refractivity contribution in [3.63, 3.8) is 0 Å². The summed E-state index contributed by atoms with van der Waals surface area (Å²) in [7, 11) is 0. The summed E-state index contributed by atoms with van der Waals surface area (Å²) >= 11 is 0. The number of rotatable bonds is 6. The number of hydrogen-bond acceptors (Lipinski definition) is 3. The minimum Gasteiger partial charge on any atom is -0.480 e.